The van der Waals surface area contributed by atoms with Crippen molar-refractivity contribution in [2.24, 2.45) is 11.7 Å². The van der Waals surface area contributed by atoms with Crippen LogP contribution < -0.4 is 11.1 Å². The second-order valence-corrected chi connectivity index (χ2v) is 4.98. The SMILES string of the molecule is NC(CNCC1CCN(C2CC2)C1)C(=O)O. The molecule has 0 aromatic carbocycles. The molecule has 1 saturated carbocycles. The standard InChI is InChI=1S/C11H21N3O2/c12-10(11(15)16)6-13-5-8-3-4-14(7-8)9-1-2-9/h8-10,13H,1-7,12H2,(H,15,16). The van der Waals surface area contributed by atoms with E-state index in [1.165, 1.54) is 32.4 Å². The van der Waals surface area contributed by atoms with Crippen LogP contribution >= 0.6 is 0 Å². The molecule has 1 heterocycles. The van der Waals surface area contributed by atoms with Crippen LogP contribution in [-0.4, -0.2) is 54.2 Å². The first-order valence-electron chi connectivity index (χ1n) is 6.10. The maximum atomic E-state index is 10.5. The van der Waals surface area contributed by atoms with Gasteiger partial charge < -0.3 is 21.1 Å². The molecule has 5 nitrogen and oxygen atoms in total. The molecule has 4 N–H and O–H groups in total. The van der Waals surface area contributed by atoms with Crippen LogP contribution in [0.5, 0.6) is 0 Å². The largest absolute Gasteiger partial charge is 0.480 e. The lowest BCUT2D eigenvalue weighted by atomic mass is 10.1. The van der Waals surface area contributed by atoms with Gasteiger partial charge in [0.1, 0.15) is 6.04 Å². The highest BCUT2D eigenvalue weighted by molar-refractivity contribution is 5.73. The zero-order chi connectivity index (χ0) is 11.5. The summed E-state index contributed by atoms with van der Waals surface area (Å²) in [6.07, 6.45) is 3.96. The van der Waals surface area contributed by atoms with Crippen molar-refractivity contribution >= 4 is 5.97 Å². The van der Waals surface area contributed by atoms with Crippen molar-refractivity contribution < 1.29 is 9.90 Å². The molecule has 16 heavy (non-hydrogen) atoms. The minimum atomic E-state index is -0.932. The molecule has 0 amide bonds. The number of nitrogens with zero attached hydrogens (tertiary/aromatic N) is 1. The van der Waals surface area contributed by atoms with Gasteiger partial charge >= 0.3 is 5.97 Å². The van der Waals surface area contributed by atoms with Gasteiger partial charge in [0, 0.05) is 19.1 Å². The smallest absolute Gasteiger partial charge is 0.321 e. The molecule has 2 unspecified atom stereocenters. The topological polar surface area (TPSA) is 78.6 Å². The fourth-order valence-corrected chi connectivity index (χ4v) is 2.33. The number of aliphatic carboxylic acids is 1. The van der Waals surface area contributed by atoms with E-state index in [4.69, 9.17) is 10.8 Å². The molecule has 2 atom stereocenters. The summed E-state index contributed by atoms with van der Waals surface area (Å²) in [5, 5.41) is 11.8. The average Bonchev–Trinajstić information content (AvgIpc) is 2.99. The fraction of sp³-hybridized carbons (Fsp3) is 0.909. The van der Waals surface area contributed by atoms with Crippen molar-refractivity contribution in [2.45, 2.75) is 31.3 Å². The molecule has 5 heteroatoms. The van der Waals surface area contributed by atoms with Crippen molar-refractivity contribution in [3.63, 3.8) is 0 Å². The van der Waals surface area contributed by atoms with Crippen LogP contribution in [0.2, 0.25) is 0 Å². The quantitative estimate of drug-likeness (QED) is 0.568. The van der Waals surface area contributed by atoms with Gasteiger partial charge in [-0.15, -0.1) is 0 Å². The van der Waals surface area contributed by atoms with E-state index in [9.17, 15) is 4.79 Å². The van der Waals surface area contributed by atoms with E-state index in [0.29, 0.717) is 12.5 Å². The Morgan fingerprint density at radius 1 is 1.50 bits per heavy atom. The minimum absolute atomic E-state index is 0.370. The Balaban J connectivity index is 1.58. The first kappa shape index (κ1) is 11.8. The minimum Gasteiger partial charge on any atom is -0.480 e. The van der Waals surface area contributed by atoms with Gasteiger partial charge in [0.15, 0.2) is 0 Å². The third-order valence-electron chi connectivity index (χ3n) is 3.50. The summed E-state index contributed by atoms with van der Waals surface area (Å²) in [7, 11) is 0. The van der Waals surface area contributed by atoms with Crippen LogP contribution in [0.1, 0.15) is 19.3 Å². The van der Waals surface area contributed by atoms with Gasteiger partial charge in [-0.1, -0.05) is 0 Å². The summed E-state index contributed by atoms with van der Waals surface area (Å²) >= 11 is 0. The van der Waals surface area contributed by atoms with E-state index < -0.39 is 12.0 Å². The fourth-order valence-electron chi connectivity index (χ4n) is 2.33. The Morgan fingerprint density at radius 3 is 2.88 bits per heavy atom. The van der Waals surface area contributed by atoms with E-state index >= 15 is 0 Å². The molecule has 1 aliphatic heterocycles. The molecule has 2 aliphatic rings. The molecule has 2 rings (SSSR count). The van der Waals surface area contributed by atoms with Crippen molar-refractivity contribution in [3.05, 3.63) is 0 Å². The van der Waals surface area contributed by atoms with E-state index in [-0.39, 0.29) is 0 Å². The molecule has 0 aromatic heterocycles. The number of rotatable bonds is 6. The Kier molecular flexibility index (Phi) is 3.78. The molecular formula is C11H21N3O2. The first-order chi connectivity index (χ1) is 7.66. The van der Waals surface area contributed by atoms with Gasteiger partial charge in [-0.3, -0.25) is 4.79 Å². The van der Waals surface area contributed by atoms with Crippen LogP contribution in [0.15, 0.2) is 0 Å². The average molecular weight is 227 g/mol. The lowest BCUT2D eigenvalue weighted by molar-refractivity contribution is -0.138. The molecule has 0 bridgehead atoms. The van der Waals surface area contributed by atoms with E-state index in [0.717, 1.165) is 12.6 Å². The number of nitrogens with one attached hydrogen (secondary N) is 1. The highest BCUT2D eigenvalue weighted by atomic mass is 16.4. The summed E-state index contributed by atoms with van der Waals surface area (Å²) in [6, 6.07) is 0.0761. The van der Waals surface area contributed by atoms with Crippen molar-refractivity contribution in [2.75, 3.05) is 26.2 Å². The number of nitrogens with two attached hydrogens (primary N) is 1. The van der Waals surface area contributed by atoms with Crippen molar-refractivity contribution in [1.29, 1.82) is 0 Å². The molecule has 92 valence electrons. The highest BCUT2D eigenvalue weighted by Crippen LogP contribution is 2.31. The van der Waals surface area contributed by atoms with E-state index in [1.54, 1.807) is 0 Å². The number of hydrogen-bond acceptors (Lipinski definition) is 4. The Morgan fingerprint density at radius 2 is 2.25 bits per heavy atom. The zero-order valence-corrected chi connectivity index (χ0v) is 9.56. The summed E-state index contributed by atoms with van der Waals surface area (Å²) < 4.78 is 0. The van der Waals surface area contributed by atoms with Crippen LogP contribution in [-0.2, 0) is 4.79 Å². The summed E-state index contributed by atoms with van der Waals surface area (Å²) in [5.41, 5.74) is 5.41. The van der Waals surface area contributed by atoms with Gasteiger partial charge in [-0.25, -0.2) is 0 Å². The summed E-state index contributed by atoms with van der Waals surface area (Å²) in [5.74, 6) is -0.264. The van der Waals surface area contributed by atoms with E-state index in [2.05, 4.69) is 10.2 Å². The monoisotopic (exact) mass is 227 g/mol. The Labute approximate surface area is 96.0 Å². The van der Waals surface area contributed by atoms with Crippen molar-refractivity contribution in [3.8, 4) is 0 Å². The maximum absolute atomic E-state index is 10.5. The first-order valence-corrected chi connectivity index (χ1v) is 6.10. The van der Waals surface area contributed by atoms with Crippen molar-refractivity contribution in [1.82, 2.24) is 10.2 Å². The molecule has 0 spiro atoms. The normalized spacial score (nSPS) is 28.2. The zero-order valence-electron chi connectivity index (χ0n) is 9.56. The summed E-state index contributed by atoms with van der Waals surface area (Å²) in [4.78, 5) is 13.1. The molecule has 1 aliphatic carbocycles. The molecular weight excluding hydrogens is 206 g/mol. The van der Waals surface area contributed by atoms with Gasteiger partial charge in [-0.2, -0.15) is 0 Å². The van der Waals surface area contributed by atoms with Gasteiger partial charge in [0.05, 0.1) is 0 Å². The maximum Gasteiger partial charge on any atom is 0.321 e. The van der Waals surface area contributed by atoms with Gasteiger partial charge in [0.2, 0.25) is 0 Å². The van der Waals surface area contributed by atoms with Gasteiger partial charge in [-0.05, 0) is 38.3 Å². The highest BCUT2D eigenvalue weighted by Gasteiger charge is 2.34. The number of likely N-dealkylation sites (tertiary alicyclic amines) is 1. The third-order valence-corrected chi connectivity index (χ3v) is 3.50. The van der Waals surface area contributed by atoms with Gasteiger partial charge in [0.25, 0.3) is 0 Å². The second-order valence-electron chi connectivity index (χ2n) is 4.98. The predicted molar refractivity (Wildman–Crippen MR) is 61.2 cm³/mol. The second kappa shape index (κ2) is 5.12. The van der Waals surface area contributed by atoms with Crippen LogP contribution in [0.3, 0.4) is 0 Å². The lowest BCUT2D eigenvalue weighted by Gasteiger charge is -2.15. The predicted octanol–water partition coefficient (Wildman–Crippen LogP) is -0.528. The number of carboxylic acids is 1. The number of hydrogen-bond donors (Lipinski definition) is 3. The molecule has 1 saturated heterocycles. The Hall–Kier alpha value is -0.650. The molecule has 2 fully saturated rings. The van der Waals surface area contributed by atoms with Crippen LogP contribution in [0.4, 0.5) is 0 Å². The van der Waals surface area contributed by atoms with Crippen LogP contribution in [0, 0.1) is 5.92 Å². The number of carbonyl (C=O) groups is 1. The van der Waals surface area contributed by atoms with Crippen LogP contribution in [0.25, 0.3) is 0 Å². The Bertz CT molecular complexity index is 256. The van der Waals surface area contributed by atoms with E-state index in [1.807, 2.05) is 0 Å². The third kappa shape index (κ3) is 3.17. The molecule has 0 aromatic rings. The number of carboxylic acid groups (broad SMARTS) is 1. The molecule has 0 radical (unpaired) electrons. The summed E-state index contributed by atoms with van der Waals surface area (Å²) in [6.45, 7) is 3.64. The lowest BCUT2D eigenvalue weighted by Crippen LogP contribution is -2.41.